The van der Waals surface area contributed by atoms with E-state index in [1.807, 2.05) is 0 Å². The molecule has 0 fully saturated rings. The summed E-state index contributed by atoms with van der Waals surface area (Å²) in [6, 6.07) is 4.94. The summed E-state index contributed by atoms with van der Waals surface area (Å²) in [5, 5.41) is 0.515. The minimum atomic E-state index is -0.542. The molecule has 0 saturated carbocycles. The molecule has 104 valence electrons. The fourth-order valence-corrected chi connectivity index (χ4v) is 1.63. The van der Waals surface area contributed by atoms with Crippen LogP contribution in [0.2, 0.25) is 5.02 Å². The molecule has 0 aliphatic heterocycles. The Labute approximate surface area is 118 Å². The highest BCUT2D eigenvalue weighted by atomic mass is 35.5. The number of rotatable bonds is 3. The lowest BCUT2D eigenvalue weighted by molar-refractivity contribution is 0.0285. The van der Waals surface area contributed by atoms with Crippen LogP contribution >= 0.6 is 11.6 Å². The molecular weight excluding hydrogens is 266 g/mol. The van der Waals surface area contributed by atoms with E-state index >= 15 is 0 Å². The molecule has 1 aromatic rings. The minimum Gasteiger partial charge on any atom is -0.444 e. The van der Waals surface area contributed by atoms with E-state index in [2.05, 4.69) is 0 Å². The molecule has 0 bridgehead atoms. The van der Waals surface area contributed by atoms with Crippen molar-refractivity contribution < 1.29 is 14.3 Å². The third kappa shape index (κ3) is 4.91. The molecule has 0 aliphatic rings. The molecule has 1 amide bonds. The lowest BCUT2D eigenvalue weighted by atomic mass is 10.1. The van der Waals surface area contributed by atoms with Crippen molar-refractivity contribution in [3.63, 3.8) is 0 Å². The second-order valence-electron chi connectivity index (χ2n) is 5.31. The van der Waals surface area contributed by atoms with E-state index in [4.69, 9.17) is 16.3 Å². The van der Waals surface area contributed by atoms with Crippen molar-refractivity contribution in [2.24, 2.45) is 0 Å². The van der Waals surface area contributed by atoms with Gasteiger partial charge in [0.25, 0.3) is 0 Å². The van der Waals surface area contributed by atoms with Crippen molar-refractivity contribution >= 4 is 24.0 Å². The van der Waals surface area contributed by atoms with Crippen molar-refractivity contribution in [3.05, 3.63) is 34.3 Å². The molecule has 0 spiro atoms. The van der Waals surface area contributed by atoms with Gasteiger partial charge in [-0.05, 0) is 38.5 Å². The van der Waals surface area contributed by atoms with E-state index in [0.29, 0.717) is 16.1 Å². The molecule has 0 atom stereocenters. The van der Waals surface area contributed by atoms with Crippen LogP contribution < -0.4 is 0 Å². The first-order chi connectivity index (χ1) is 8.73. The zero-order chi connectivity index (χ0) is 14.6. The normalized spacial score (nSPS) is 11.0. The van der Waals surface area contributed by atoms with Crippen LogP contribution in [-0.2, 0) is 11.3 Å². The molecule has 0 saturated heterocycles. The number of nitrogens with zero attached hydrogens (tertiary/aromatic N) is 1. The Bertz CT molecular complexity index is 480. The fourth-order valence-electron chi connectivity index (χ4n) is 1.45. The predicted molar refractivity (Wildman–Crippen MR) is 74.5 cm³/mol. The number of ether oxygens (including phenoxy) is 1. The average Bonchev–Trinajstić information content (AvgIpc) is 2.29. The molecular formula is C14H18ClNO3. The molecule has 0 radical (unpaired) electrons. The van der Waals surface area contributed by atoms with Crippen LogP contribution in [0.3, 0.4) is 0 Å². The zero-order valence-electron chi connectivity index (χ0n) is 11.6. The van der Waals surface area contributed by atoms with Crippen LogP contribution in [0.15, 0.2) is 18.2 Å². The molecule has 0 heterocycles. The van der Waals surface area contributed by atoms with Crippen LogP contribution in [0.25, 0.3) is 0 Å². The summed E-state index contributed by atoms with van der Waals surface area (Å²) in [7, 11) is 1.62. The third-order valence-corrected chi connectivity index (χ3v) is 2.69. The van der Waals surface area contributed by atoms with E-state index in [1.165, 1.54) is 4.90 Å². The molecule has 4 nitrogen and oxygen atoms in total. The number of amides is 1. The number of carbonyl (C=O) groups is 2. The van der Waals surface area contributed by atoms with Gasteiger partial charge in [0.15, 0.2) is 0 Å². The second kappa shape index (κ2) is 6.06. The van der Waals surface area contributed by atoms with Gasteiger partial charge in [-0.2, -0.15) is 0 Å². The highest BCUT2D eigenvalue weighted by molar-refractivity contribution is 6.31. The van der Waals surface area contributed by atoms with Gasteiger partial charge in [-0.15, -0.1) is 0 Å². The topological polar surface area (TPSA) is 46.6 Å². The van der Waals surface area contributed by atoms with Crippen molar-refractivity contribution in [2.75, 3.05) is 7.05 Å². The molecule has 0 aliphatic carbocycles. The minimum absolute atomic E-state index is 0.287. The van der Waals surface area contributed by atoms with Crippen molar-refractivity contribution in [3.8, 4) is 0 Å². The summed E-state index contributed by atoms with van der Waals surface area (Å²) in [6.07, 6.45) is 0.313. The molecule has 0 N–H and O–H groups in total. The van der Waals surface area contributed by atoms with Gasteiger partial charge >= 0.3 is 6.09 Å². The van der Waals surface area contributed by atoms with Gasteiger partial charge in [-0.3, -0.25) is 4.79 Å². The summed E-state index contributed by atoms with van der Waals surface area (Å²) < 4.78 is 5.24. The molecule has 1 rings (SSSR count). The maximum absolute atomic E-state index is 11.8. The summed E-state index contributed by atoms with van der Waals surface area (Å²) in [5.74, 6) is 0. The first-order valence-corrected chi connectivity index (χ1v) is 6.28. The summed E-state index contributed by atoms with van der Waals surface area (Å²) in [4.78, 5) is 24.0. The van der Waals surface area contributed by atoms with Gasteiger partial charge in [0.05, 0.1) is 6.54 Å². The van der Waals surface area contributed by atoms with Crippen LogP contribution in [0.1, 0.15) is 36.7 Å². The summed E-state index contributed by atoms with van der Waals surface area (Å²) in [5.41, 5.74) is 0.691. The van der Waals surface area contributed by atoms with Gasteiger partial charge in [0, 0.05) is 17.6 Å². The number of carbonyl (C=O) groups excluding carboxylic acids is 2. The van der Waals surface area contributed by atoms with Crippen molar-refractivity contribution in [1.82, 2.24) is 4.90 Å². The first-order valence-electron chi connectivity index (χ1n) is 5.90. The summed E-state index contributed by atoms with van der Waals surface area (Å²) >= 11 is 6.04. The molecule has 0 aromatic heterocycles. The Morgan fingerprint density at radius 1 is 1.42 bits per heavy atom. The zero-order valence-corrected chi connectivity index (χ0v) is 12.3. The number of hydrogen-bond donors (Lipinski definition) is 0. The van der Waals surface area contributed by atoms with Crippen molar-refractivity contribution in [1.29, 1.82) is 0 Å². The number of halogens is 1. The average molecular weight is 284 g/mol. The van der Waals surface area contributed by atoms with E-state index in [-0.39, 0.29) is 6.54 Å². The first kappa shape index (κ1) is 15.5. The van der Waals surface area contributed by atoms with E-state index in [9.17, 15) is 9.59 Å². The number of aldehydes is 1. The Hall–Kier alpha value is -1.55. The van der Waals surface area contributed by atoms with E-state index in [0.717, 1.165) is 6.29 Å². The van der Waals surface area contributed by atoms with Crippen molar-refractivity contribution in [2.45, 2.75) is 32.9 Å². The molecule has 1 aromatic carbocycles. The summed E-state index contributed by atoms with van der Waals surface area (Å²) in [6.45, 7) is 5.70. The van der Waals surface area contributed by atoms with Gasteiger partial charge in [-0.1, -0.05) is 17.7 Å². The Kier molecular flexibility index (Phi) is 4.95. The molecule has 19 heavy (non-hydrogen) atoms. The third-order valence-electron chi connectivity index (χ3n) is 2.32. The maximum atomic E-state index is 11.8. The highest BCUT2D eigenvalue weighted by Gasteiger charge is 2.20. The second-order valence-corrected chi connectivity index (χ2v) is 5.71. The monoisotopic (exact) mass is 283 g/mol. The van der Waals surface area contributed by atoms with Crippen LogP contribution in [-0.4, -0.2) is 29.9 Å². The van der Waals surface area contributed by atoms with Crippen LogP contribution in [0.5, 0.6) is 0 Å². The lowest BCUT2D eigenvalue weighted by Gasteiger charge is -2.25. The van der Waals surface area contributed by atoms with Crippen LogP contribution in [0.4, 0.5) is 4.79 Å². The Morgan fingerprint density at radius 3 is 2.58 bits per heavy atom. The Morgan fingerprint density at radius 2 is 2.05 bits per heavy atom. The largest absolute Gasteiger partial charge is 0.444 e. The van der Waals surface area contributed by atoms with Gasteiger partial charge in [-0.25, -0.2) is 4.79 Å². The number of hydrogen-bond acceptors (Lipinski definition) is 3. The lowest BCUT2D eigenvalue weighted by Crippen LogP contribution is -2.33. The fraction of sp³-hybridized carbons (Fsp3) is 0.429. The molecule has 0 unspecified atom stereocenters. The van der Waals surface area contributed by atoms with Gasteiger partial charge in [0.2, 0.25) is 0 Å². The van der Waals surface area contributed by atoms with Crippen LogP contribution in [0, 0.1) is 0 Å². The number of benzene rings is 1. The smallest absolute Gasteiger partial charge is 0.410 e. The van der Waals surface area contributed by atoms with Gasteiger partial charge in [0.1, 0.15) is 11.9 Å². The SMILES string of the molecule is CN(Cc1cc(C=O)ccc1Cl)C(=O)OC(C)(C)C. The van der Waals surface area contributed by atoms with E-state index < -0.39 is 11.7 Å². The quantitative estimate of drug-likeness (QED) is 0.798. The predicted octanol–water partition coefficient (Wildman–Crippen LogP) is 3.52. The van der Waals surface area contributed by atoms with Gasteiger partial charge < -0.3 is 9.64 Å². The standard InChI is InChI=1S/C14H18ClNO3/c1-14(2,3)19-13(18)16(4)8-11-7-10(9-17)5-6-12(11)15/h5-7,9H,8H2,1-4H3. The van der Waals surface area contributed by atoms with E-state index in [1.54, 1.807) is 46.0 Å². The highest BCUT2D eigenvalue weighted by Crippen LogP contribution is 2.19. The maximum Gasteiger partial charge on any atom is 0.410 e. The Balaban J connectivity index is 2.79. The molecule has 5 heteroatoms.